The molecule has 1 aliphatic rings. The first-order valence-electron chi connectivity index (χ1n) is 9.36. The Morgan fingerprint density at radius 3 is 2.52 bits per heavy atom. The van der Waals surface area contributed by atoms with Gasteiger partial charge >= 0.3 is 5.97 Å². The van der Waals surface area contributed by atoms with Crippen molar-refractivity contribution in [3.8, 4) is 0 Å². The molecule has 1 aromatic rings. The van der Waals surface area contributed by atoms with Crippen molar-refractivity contribution in [1.29, 1.82) is 0 Å². The van der Waals surface area contributed by atoms with E-state index in [-0.39, 0.29) is 16.5 Å². The molecule has 2 N–H and O–H groups in total. The predicted molar refractivity (Wildman–Crippen MR) is 102 cm³/mol. The number of nitrogens with one attached hydrogen (secondary N) is 2. The van der Waals surface area contributed by atoms with Gasteiger partial charge in [0.1, 0.15) is 0 Å². The maximum atomic E-state index is 12.7. The van der Waals surface area contributed by atoms with Crippen LogP contribution >= 0.6 is 0 Å². The predicted octanol–water partition coefficient (Wildman–Crippen LogP) is 2.29. The summed E-state index contributed by atoms with van der Waals surface area (Å²) in [6.45, 7) is 5.37. The van der Waals surface area contributed by atoms with Gasteiger partial charge in [-0.25, -0.2) is 17.9 Å². The molecule has 0 saturated heterocycles. The van der Waals surface area contributed by atoms with Gasteiger partial charge in [-0.1, -0.05) is 25.3 Å². The highest BCUT2D eigenvalue weighted by molar-refractivity contribution is 7.89. The molecule has 8 heteroatoms. The van der Waals surface area contributed by atoms with Crippen molar-refractivity contribution in [2.45, 2.75) is 69.9 Å². The van der Waals surface area contributed by atoms with E-state index in [1.165, 1.54) is 19.1 Å². The molecule has 0 aliphatic heterocycles. The van der Waals surface area contributed by atoms with Crippen LogP contribution < -0.4 is 10.0 Å². The minimum absolute atomic E-state index is 0.0243. The Bertz CT molecular complexity index is 785. The summed E-state index contributed by atoms with van der Waals surface area (Å²) in [5.74, 6) is -1.12. The van der Waals surface area contributed by atoms with Crippen LogP contribution in [0.3, 0.4) is 0 Å². The molecule has 0 spiro atoms. The van der Waals surface area contributed by atoms with Gasteiger partial charge in [-0.3, -0.25) is 4.79 Å². The van der Waals surface area contributed by atoms with Gasteiger partial charge in [0.2, 0.25) is 10.0 Å². The molecule has 1 fully saturated rings. The average molecular weight is 397 g/mol. The average Bonchev–Trinajstić information content (AvgIpc) is 2.62. The lowest BCUT2D eigenvalue weighted by Gasteiger charge is -2.22. The Morgan fingerprint density at radius 2 is 1.89 bits per heavy atom. The Balaban J connectivity index is 2.16. The molecule has 2 rings (SSSR count). The fourth-order valence-corrected chi connectivity index (χ4v) is 4.42. The topological polar surface area (TPSA) is 102 Å². The number of carbonyl (C=O) groups is 2. The zero-order chi connectivity index (χ0) is 20.0. The van der Waals surface area contributed by atoms with Crippen LogP contribution in [-0.2, 0) is 19.6 Å². The SMILES string of the molecule is CCNC(=O)[C@H](C)OC(=O)c1cc(S(=O)(=O)NC2CCCCC2)ccc1C. The molecule has 1 amide bonds. The third kappa shape index (κ3) is 5.77. The van der Waals surface area contributed by atoms with Crippen LogP contribution in [0.15, 0.2) is 23.1 Å². The second kappa shape index (κ2) is 9.32. The van der Waals surface area contributed by atoms with Gasteiger partial charge < -0.3 is 10.1 Å². The number of hydrogen-bond acceptors (Lipinski definition) is 5. The summed E-state index contributed by atoms with van der Waals surface area (Å²) in [6, 6.07) is 4.29. The maximum absolute atomic E-state index is 12.7. The van der Waals surface area contributed by atoms with Crippen LogP contribution in [0, 0.1) is 6.92 Å². The van der Waals surface area contributed by atoms with Gasteiger partial charge in [-0.05, 0) is 51.3 Å². The van der Waals surface area contributed by atoms with Crippen LogP contribution in [-0.4, -0.2) is 39.0 Å². The molecule has 0 unspecified atom stereocenters. The minimum Gasteiger partial charge on any atom is -0.449 e. The van der Waals surface area contributed by atoms with Crippen molar-refractivity contribution in [3.63, 3.8) is 0 Å². The summed E-state index contributed by atoms with van der Waals surface area (Å²) in [5.41, 5.74) is 0.720. The van der Waals surface area contributed by atoms with Gasteiger partial charge in [0.15, 0.2) is 6.10 Å². The highest BCUT2D eigenvalue weighted by Crippen LogP contribution is 2.22. The molecule has 0 heterocycles. The number of hydrogen-bond donors (Lipinski definition) is 2. The third-order valence-corrected chi connectivity index (χ3v) is 6.19. The number of amides is 1. The van der Waals surface area contributed by atoms with Crippen molar-refractivity contribution >= 4 is 21.9 Å². The fraction of sp³-hybridized carbons (Fsp3) is 0.579. The lowest BCUT2D eigenvalue weighted by molar-refractivity contribution is -0.128. The monoisotopic (exact) mass is 396 g/mol. The van der Waals surface area contributed by atoms with E-state index < -0.39 is 28.0 Å². The molecule has 150 valence electrons. The number of carbonyl (C=O) groups excluding carboxylic acids is 2. The van der Waals surface area contributed by atoms with Crippen LogP contribution in [0.5, 0.6) is 0 Å². The first kappa shape index (κ1) is 21.4. The molecule has 27 heavy (non-hydrogen) atoms. The van der Waals surface area contributed by atoms with E-state index in [2.05, 4.69) is 10.0 Å². The van der Waals surface area contributed by atoms with E-state index in [1.807, 2.05) is 0 Å². The van der Waals surface area contributed by atoms with Crippen LogP contribution in [0.2, 0.25) is 0 Å². The normalized spacial score (nSPS) is 16.6. The first-order valence-corrected chi connectivity index (χ1v) is 10.8. The molecular formula is C19H28N2O5S. The largest absolute Gasteiger partial charge is 0.449 e. The summed E-state index contributed by atoms with van der Waals surface area (Å²) >= 11 is 0. The van der Waals surface area contributed by atoms with Crippen LogP contribution in [0.4, 0.5) is 0 Å². The molecule has 0 bridgehead atoms. The fourth-order valence-electron chi connectivity index (χ4n) is 3.09. The molecule has 7 nitrogen and oxygen atoms in total. The van der Waals surface area contributed by atoms with Crippen molar-refractivity contribution in [1.82, 2.24) is 10.0 Å². The van der Waals surface area contributed by atoms with Crippen LogP contribution in [0.1, 0.15) is 61.9 Å². The van der Waals surface area contributed by atoms with Gasteiger partial charge in [0.25, 0.3) is 5.91 Å². The molecule has 1 atom stereocenters. The molecule has 0 radical (unpaired) electrons. The highest BCUT2D eigenvalue weighted by Gasteiger charge is 2.25. The molecule has 0 aromatic heterocycles. The zero-order valence-electron chi connectivity index (χ0n) is 16.1. The van der Waals surface area contributed by atoms with E-state index >= 15 is 0 Å². The number of benzene rings is 1. The van der Waals surface area contributed by atoms with E-state index in [4.69, 9.17) is 4.74 Å². The first-order chi connectivity index (χ1) is 12.7. The number of aryl methyl sites for hydroxylation is 1. The highest BCUT2D eigenvalue weighted by atomic mass is 32.2. The second-order valence-corrected chi connectivity index (χ2v) is 8.59. The lowest BCUT2D eigenvalue weighted by Crippen LogP contribution is -2.36. The number of rotatable bonds is 7. The Labute approximate surface area is 160 Å². The Hall–Kier alpha value is -1.93. The maximum Gasteiger partial charge on any atom is 0.339 e. The summed E-state index contributed by atoms with van der Waals surface area (Å²) in [5, 5.41) is 2.58. The second-order valence-electron chi connectivity index (χ2n) is 6.88. The summed E-state index contributed by atoms with van der Waals surface area (Å²) in [4.78, 5) is 24.2. The number of ether oxygens (including phenoxy) is 1. The van der Waals surface area contributed by atoms with Crippen molar-refractivity contribution in [3.05, 3.63) is 29.3 Å². The van der Waals surface area contributed by atoms with Crippen LogP contribution in [0.25, 0.3) is 0 Å². The minimum atomic E-state index is -3.72. The molecule has 1 aromatic carbocycles. The Kier molecular flexibility index (Phi) is 7.38. The third-order valence-electron chi connectivity index (χ3n) is 4.67. The van der Waals surface area contributed by atoms with E-state index in [9.17, 15) is 18.0 Å². The number of likely N-dealkylation sites (N-methyl/N-ethyl adjacent to an activating group) is 1. The summed E-state index contributed by atoms with van der Waals surface area (Å²) < 4.78 is 33.3. The van der Waals surface area contributed by atoms with Gasteiger partial charge in [-0.15, -0.1) is 0 Å². The standard InChI is InChI=1S/C19H28N2O5S/c1-4-20-18(22)14(3)26-19(23)17-12-16(11-10-13(17)2)27(24,25)21-15-8-6-5-7-9-15/h10-12,14-15,21H,4-9H2,1-3H3,(H,20,22)/t14-/m0/s1. The molecular weight excluding hydrogens is 368 g/mol. The summed E-state index contributed by atoms with van der Waals surface area (Å²) in [7, 11) is -3.72. The van der Waals surface area contributed by atoms with E-state index in [1.54, 1.807) is 19.9 Å². The number of esters is 1. The quantitative estimate of drug-likeness (QED) is 0.689. The van der Waals surface area contributed by atoms with Crippen molar-refractivity contribution in [2.75, 3.05) is 6.54 Å². The molecule has 1 saturated carbocycles. The van der Waals surface area contributed by atoms with Crippen molar-refractivity contribution < 1.29 is 22.7 Å². The summed E-state index contributed by atoms with van der Waals surface area (Å²) in [6.07, 6.45) is 3.83. The lowest BCUT2D eigenvalue weighted by atomic mass is 9.96. The smallest absolute Gasteiger partial charge is 0.339 e. The van der Waals surface area contributed by atoms with E-state index in [0.717, 1.165) is 32.1 Å². The van der Waals surface area contributed by atoms with Gasteiger partial charge in [0.05, 0.1) is 10.5 Å². The zero-order valence-corrected chi connectivity index (χ0v) is 16.9. The number of sulfonamides is 1. The van der Waals surface area contributed by atoms with E-state index in [0.29, 0.717) is 12.1 Å². The van der Waals surface area contributed by atoms with Crippen molar-refractivity contribution in [2.24, 2.45) is 0 Å². The molecule has 1 aliphatic carbocycles. The van der Waals surface area contributed by atoms with Gasteiger partial charge in [0, 0.05) is 12.6 Å². The van der Waals surface area contributed by atoms with Gasteiger partial charge in [-0.2, -0.15) is 0 Å². The Morgan fingerprint density at radius 1 is 1.22 bits per heavy atom.